The lowest BCUT2D eigenvalue weighted by Gasteiger charge is -2.18. The normalized spacial score (nSPS) is 10.7. The second kappa shape index (κ2) is 7.61. The molecular weight excluding hydrogens is 382 g/mol. The van der Waals surface area contributed by atoms with Crippen molar-refractivity contribution >= 4 is 32.7 Å². The Morgan fingerprint density at radius 2 is 2.00 bits per heavy atom. The third-order valence-corrected chi connectivity index (χ3v) is 4.48. The molecule has 3 aromatic rings. The quantitative estimate of drug-likeness (QED) is 0.655. The molecule has 1 heterocycles. The van der Waals surface area contributed by atoms with E-state index >= 15 is 0 Å². The number of halogens is 1. The van der Waals surface area contributed by atoms with Crippen molar-refractivity contribution in [3.8, 4) is 5.88 Å². The van der Waals surface area contributed by atoms with Crippen LogP contribution in [-0.2, 0) is 11.3 Å². The fourth-order valence-electron chi connectivity index (χ4n) is 2.49. The van der Waals surface area contributed by atoms with Crippen molar-refractivity contribution in [1.82, 2.24) is 14.9 Å². The number of amides is 1. The van der Waals surface area contributed by atoms with E-state index in [0.717, 1.165) is 26.5 Å². The molecule has 0 saturated heterocycles. The predicted molar refractivity (Wildman–Crippen MR) is 100 cm³/mol. The number of fused-ring (bicyclic) bond motifs is 1. The number of nitrogens with zero attached hydrogens (tertiary/aromatic N) is 3. The summed E-state index contributed by atoms with van der Waals surface area (Å²) >= 11 is 3.43. The number of aromatic nitrogens is 2. The molecule has 0 aliphatic rings. The third-order valence-electron chi connectivity index (χ3n) is 3.99. The molecule has 0 N–H and O–H groups in total. The van der Waals surface area contributed by atoms with E-state index in [-0.39, 0.29) is 12.5 Å². The number of hydrogen-bond acceptors (Lipinski definition) is 4. The van der Waals surface area contributed by atoms with Gasteiger partial charge in [-0.05, 0) is 36.2 Å². The maximum atomic E-state index is 12.4. The van der Waals surface area contributed by atoms with E-state index in [9.17, 15) is 4.79 Å². The average molecular weight is 400 g/mol. The van der Waals surface area contributed by atoms with Gasteiger partial charge in [-0.15, -0.1) is 0 Å². The second-order valence-electron chi connectivity index (χ2n) is 5.81. The van der Waals surface area contributed by atoms with E-state index in [1.165, 1.54) is 6.33 Å². The molecule has 128 valence electrons. The molecule has 2 aromatic carbocycles. The summed E-state index contributed by atoms with van der Waals surface area (Å²) in [4.78, 5) is 22.4. The van der Waals surface area contributed by atoms with Crippen LogP contribution in [0.1, 0.15) is 11.1 Å². The summed E-state index contributed by atoms with van der Waals surface area (Å²) in [6, 6.07) is 13.7. The summed E-state index contributed by atoms with van der Waals surface area (Å²) in [7, 11) is 1.77. The maximum absolute atomic E-state index is 12.4. The average Bonchev–Trinajstić information content (AvgIpc) is 2.61. The van der Waals surface area contributed by atoms with Crippen LogP contribution in [0.5, 0.6) is 5.88 Å². The molecule has 0 fully saturated rings. The summed E-state index contributed by atoms with van der Waals surface area (Å²) in [6.45, 7) is 2.51. The lowest BCUT2D eigenvalue weighted by atomic mass is 10.1. The van der Waals surface area contributed by atoms with Crippen LogP contribution in [-0.4, -0.2) is 34.4 Å². The Balaban J connectivity index is 1.68. The Bertz CT molecular complexity index is 914. The summed E-state index contributed by atoms with van der Waals surface area (Å²) in [5, 5.41) is 0.770. The van der Waals surface area contributed by atoms with Crippen LogP contribution in [0, 0.1) is 6.92 Å². The number of rotatable bonds is 5. The van der Waals surface area contributed by atoms with Gasteiger partial charge in [0.15, 0.2) is 6.61 Å². The molecule has 1 amide bonds. The zero-order valence-corrected chi connectivity index (χ0v) is 15.7. The molecule has 0 aliphatic carbocycles. The van der Waals surface area contributed by atoms with Gasteiger partial charge in [-0.25, -0.2) is 9.97 Å². The molecule has 3 rings (SSSR count). The number of likely N-dealkylation sites (N-methyl/N-ethyl adjacent to an activating group) is 1. The topological polar surface area (TPSA) is 55.3 Å². The number of hydrogen-bond donors (Lipinski definition) is 0. The Morgan fingerprint density at radius 1 is 1.20 bits per heavy atom. The Hall–Kier alpha value is -2.47. The standard InChI is InChI=1S/C19H18BrN3O2/c1-13-5-3-4-6-14(13)10-23(2)18(24)11-25-19-16-9-15(20)7-8-17(16)21-12-22-19/h3-9,12H,10-11H2,1-2H3. The SMILES string of the molecule is Cc1ccccc1CN(C)C(=O)COc1ncnc2ccc(Br)cc12. The molecular formula is C19H18BrN3O2. The summed E-state index contributed by atoms with van der Waals surface area (Å²) in [5.41, 5.74) is 3.05. The highest BCUT2D eigenvalue weighted by molar-refractivity contribution is 9.10. The minimum absolute atomic E-state index is 0.0684. The molecule has 25 heavy (non-hydrogen) atoms. The molecule has 0 unspecified atom stereocenters. The van der Waals surface area contributed by atoms with Gasteiger partial charge < -0.3 is 9.64 Å². The first-order valence-corrected chi connectivity index (χ1v) is 8.65. The Labute approximate surface area is 154 Å². The summed E-state index contributed by atoms with van der Waals surface area (Å²) < 4.78 is 6.57. The van der Waals surface area contributed by atoms with E-state index in [0.29, 0.717) is 12.4 Å². The highest BCUT2D eigenvalue weighted by Gasteiger charge is 2.13. The number of carbonyl (C=O) groups excluding carboxylic acids is 1. The highest BCUT2D eigenvalue weighted by Crippen LogP contribution is 2.24. The summed E-state index contributed by atoms with van der Waals surface area (Å²) in [5.74, 6) is 0.300. The van der Waals surface area contributed by atoms with Gasteiger partial charge in [0.25, 0.3) is 5.91 Å². The van der Waals surface area contributed by atoms with Crippen LogP contribution in [0.25, 0.3) is 10.9 Å². The lowest BCUT2D eigenvalue weighted by molar-refractivity contribution is -0.132. The number of aryl methyl sites for hydroxylation is 1. The molecule has 0 saturated carbocycles. The first-order chi connectivity index (χ1) is 12.0. The zero-order valence-electron chi connectivity index (χ0n) is 14.1. The van der Waals surface area contributed by atoms with Crippen molar-refractivity contribution in [2.75, 3.05) is 13.7 Å². The molecule has 0 radical (unpaired) electrons. The van der Waals surface area contributed by atoms with E-state index < -0.39 is 0 Å². The fraction of sp³-hybridized carbons (Fsp3) is 0.211. The van der Waals surface area contributed by atoms with Gasteiger partial charge in [0, 0.05) is 18.1 Å². The van der Waals surface area contributed by atoms with Crippen molar-refractivity contribution in [1.29, 1.82) is 0 Å². The van der Waals surface area contributed by atoms with Gasteiger partial charge in [0.05, 0.1) is 10.9 Å². The largest absolute Gasteiger partial charge is 0.467 e. The zero-order chi connectivity index (χ0) is 17.8. The molecule has 0 aliphatic heterocycles. The van der Waals surface area contributed by atoms with Crippen LogP contribution in [0.4, 0.5) is 0 Å². The first kappa shape index (κ1) is 17.4. The van der Waals surface area contributed by atoms with E-state index in [1.807, 2.05) is 49.4 Å². The van der Waals surface area contributed by atoms with Gasteiger partial charge in [-0.1, -0.05) is 40.2 Å². The minimum atomic E-state index is -0.106. The molecule has 0 spiro atoms. The van der Waals surface area contributed by atoms with Gasteiger partial charge >= 0.3 is 0 Å². The smallest absolute Gasteiger partial charge is 0.260 e. The summed E-state index contributed by atoms with van der Waals surface area (Å²) in [6.07, 6.45) is 1.44. The third kappa shape index (κ3) is 4.14. The van der Waals surface area contributed by atoms with Crippen LogP contribution < -0.4 is 4.74 Å². The number of carbonyl (C=O) groups is 1. The van der Waals surface area contributed by atoms with Crippen molar-refractivity contribution in [3.05, 3.63) is 64.4 Å². The molecule has 1 aromatic heterocycles. The maximum Gasteiger partial charge on any atom is 0.260 e. The van der Waals surface area contributed by atoms with Crippen molar-refractivity contribution in [2.45, 2.75) is 13.5 Å². The molecule has 5 nitrogen and oxygen atoms in total. The van der Waals surface area contributed by atoms with Crippen molar-refractivity contribution < 1.29 is 9.53 Å². The highest BCUT2D eigenvalue weighted by atomic mass is 79.9. The second-order valence-corrected chi connectivity index (χ2v) is 6.72. The van der Waals surface area contributed by atoms with E-state index in [4.69, 9.17) is 4.74 Å². The molecule has 0 bridgehead atoms. The predicted octanol–water partition coefficient (Wildman–Crippen LogP) is 3.74. The first-order valence-electron chi connectivity index (χ1n) is 7.86. The van der Waals surface area contributed by atoms with Gasteiger partial charge in [-0.2, -0.15) is 0 Å². The Kier molecular flexibility index (Phi) is 5.28. The number of benzene rings is 2. The van der Waals surface area contributed by atoms with Crippen molar-refractivity contribution in [2.24, 2.45) is 0 Å². The molecule has 0 atom stereocenters. The van der Waals surface area contributed by atoms with Crippen LogP contribution in [0.2, 0.25) is 0 Å². The monoisotopic (exact) mass is 399 g/mol. The molecule has 6 heteroatoms. The van der Waals surface area contributed by atoms with Crippen molar-refractivity contribution in [3.63, 3.8) is 0 Å². The number of ether oxygens (including phenoxy) is 1. The van der Waals surface area contributed by atoms with Gasteiger partial charge in [-0.3, -0.25) is 4.79 Å². The Morgan fingerprint density at radius 3 is 2.80 bits per heavy atom. The van der Waals surface area contributed by atoms with E-state index in [1.54, 1.807) is 11.9 Å². The fourth-order valence-corrected chi connectivity index (χ4v) is 2.85. The van der Waals surface area contributed by atoms with Gasteiger partial charge in [0.1, 0.15) is 6.33 Å². The minimum Gasteiger partial charge on any atom is -0.467 e. The van der Waals surface area contributed by atoms with Gasteiger partial charge in [0.2, 0.25) is 5.88 Å². The van der Waals surface area contributed by atoms with Crippen LogP contribution in [0.15, 0.2) is 53.3 Å². The van der Waals surface area contributed by atoms with E-state index in [2.05, 4.69) is 25.9 Å². The lowest BCUT2D eigenvalue weighted by Crippen LogP contribution is -2.31. The van der Waals surface area contributed by atoms with Crippen LogP contribution in [0.3, 0.4) is 0 Å². The van der Waals surface area contributed by atoms with Crippen LogP contribution >= 0.6 is 15.9 Å².